The van der Waals surface area contributed by atoms with E-state index in [0.29, 0.717) is 5.11 Å². The van der Waals surface area contributed by atoms with Crippen molar-refractivity contribution in [3.8, 4) is 11.5 Å². The van der Waals surface area contributed by atoms with Crippen LogP contribution in [0.5, 0.6) is 11.5 Å². The summed E-state index contributed by atoms with van der Waals surface area (Å²) < 4.78 is 10.6. The van der Waals surface area contributed by atoms with Gasteiger partial charge in [-0.05, 0) is 54.4 Å². The van der Waals surface area contributed by atoms with Crippen LogP contribution < -0.4 is 20.1 Å². The number of thiocarbonyl (C=S) groups is 1. The van der Waals surface area contributed by atoms with Crippen molar-refractivity contribution in [2.24, 2.45) is 0 Å². The first-order chi connectivity index (χ1) is 12.1. The Bertz CT molecular complexity index is 710. The van der Waals surface area contributed by atoms with Crippen LogP contribution in [0, 0.1) is 0 Å². The quantitative estimate of drug-likeness (QED) is 0.687. The molecule has 0 aliphatic rings. The molecule has 0 radical (unpaired) electrons. The molecule has 0 heterocycles. The van der Waals surface area contributed by atoms with E-state index in [-0.39, 0.29) is 0 Å². The van der Waals surface area contributed by atoms with Crippen molar-refractivity contribution < 1.29 is 9.47 Å². The molecule has 2 rings (SSSR count). The molecule has 0 aliphatic carbocycles. The standard InChI is InChI=1S/C19H23ClN2O2S/c1-23-17-8-7-14(13-18(17)24-2)9-11-21-19(25)22-12-10-15-5-3-4-6-16(15)20/h3-8,13H,9-12H2,1-2H3,(H2,21,22,25). The summed E-state index contributed by atoms with van der Waals surface area (Å²) in [5, 5.41) is 7.85. The molecule has 0 saturated carbocycles. The van der Waals surface area contributed by atoms with Gasteiger partial charge in [0.1, 0.15) is 0 Å². The van der Waals surface area contributed by atoms with Gasteiger partial charge in [0.05, 0.1) is 14.2 Å². The Morgan fingerprint density at radius 3 is 2.32 bits per heavy atom. The van der Waals surface area contributed by atoms with Gasteiger partial charge < -0.3 is 20.1 Å². The highest BCUT2D eigenvalue weighted by molar-refractivity contribution is 7.80. The monoisotopic (exact) mass is 378 g/mol. The lowest BCUT2D eigenvalue weighted by molar-refractivity contribution is 0.354. The summed E-state index contributed by atoms with van der Waals surface area (Å²) in [4.78, 5) is 0. The fourth-order valence-corrected chi connectivity index (χ4v) is 2.87. The van der Waals surface area contributed by atoms with E-state index in [1.165, 1.54) is 0 Å². The minimum atomic E-state index is 0.646. The van der Waals surface area contributed by atoms with Gasteiger partial charge in [-0.15, -0.1) is 0 Å². The molecule has 2 N–H and O–H groups in total. The van der Waals surface area contributed by atoms with Gasteiger partial charge >= 0.3 is 0 Å². The van der Waals surface area contributed by atoms with Gasteiger partial charge in [-0.25, -0.2) is 0 Å². The zero-order chi connectivity index (χ0) is 18.1. The van der Waals surface area contributed by atoms with E-state index in [9.17, 15) is 0 Å². The third kappa shape index (κ3) is 6.11. The number of nitrogens with one attached hydrogen (secondary N) is 2. The van der Waals surface area contributed by atoms with Crippen molar-refractivity contribution in [3.05, 3.63) is 58.6 Å². The highest BCUT2D eigenvalue weighted by Crippen LogP contribution is 2.27. The van der Waals surface area contributed by atoms with Gasteiger partial charge in [0.25, 0.3) is 0 Å². The third-order valence-electron chi connectivity index (χ3n) is 3.78. The van der Waals surface area contributed by atoms with Crippen LogP contribution in [0.3, 0.4) is 0 Å². The first-order valence-corrected chi connectivity index (χ1v) is 8.88. The molecule has 6 heteroatoms. The van der Waals surface area contributed by atoms with E-state index >= 15 is 0 Å². The highest BCUT2D eigenvalue weighted by atomic mass is 35.5. The summed E-state index contributed by atoms with van der Waals surface area (Å²) in [6, 6.07) is 13.8. The summed E-state index contributed by atoms with van der Waals surface area (Å²) in [6.07, 6.45) is 1.67. The molecule has 0 amide bonds. The second-order valence-corrected chi connectivity index (χ2v) is 6.28. The van der Waals surface area contributed by atoms with E-state index in [2.05, 4.69) is 10.6 Å². The molecular weight excluding hydrogens is 356 g/mol. The van der Waals surface area contributed by atoms with Crippen LogP contribution in [-0.2, 0) is 12.8 Å². The van der Waals surface area contributed by atoms with E-state index in [4.69, 9.17) is 33.3 Å². The maximum atomic E-state index is 6.14. The predicted molar refractivity (Wildman–Crippen MR) is 107 cm³/mol. The Hall–Kier alpha value is -1.98. The fraction of sp³-hybridized carbons (Fsp3) is 0.316. The van der Waals surface area contributed by atoms with Gasteiger partial charge in [0.15, 0.2) is 16.6 Å². The zero-order valence-corrected chi connectivity index (χ0v) is 16.0. The molecule has 4 nitrogen and oxygen atoms in total. The molecule has 25 heavy (non-hydrogen) atoms. The van der Waals surface area contributed by atoms with Crippen molar-refractivity contribution in [2.45, 2.75) is 12.8 Å². The van der Waals surface area contributed by atoms with E-state index in [1.807, 2.05) is 42.5 Å². The fourth-order valence-electron chi connectivity index (χ4n) is 2.43. The summed E-state index contributed by atoms with van der Waals surface area (Å²) >= 11 is 11.4. The van der Waals surface area contributed by atoms with E-state index in [1.54, 1.807) is 14.2 Å². The number of ether oxygens (including phenoxy) is 2. The van der Waals surface area contributed by atoms with Gasteiger partial charge in [-0.3, -0.25) is 0 Å². The Labute approximate surface area is 159 Å². The van der Waals surface area contributed by atoms with Crippen LogP contribution >= 0.6 is 23.8 Å². The smallest absolute Gasteiger partial charge is 0.166 e. The lowest BCUT2D eigenvalue weighted by Crippen LogP contribution is -2.37. The lowest BCUT2D eigenvalue weighted by Gasteiger charge is -2.12. The molecule has 2 aromatic rings. The molecule has 0 aliphatic heterocycles. The molecule has 0 unspecified atom stereocenters. The van der Waals surface area contributed by atoms with Gasteiger partial charge in [-0.1, -0.05) is 35.9 Å². The molecule has 0 atom stereocenters. The first kappa shape index (κ1) is 19.3. The van der Waals surface area contributed by atoms with E-state index < -0.39 is 0 Å². The average molecular weight is 379 g/mol. The third-order valence-corrected chi connectivity index (χ3v) is 4.44. The largest absolute Gasteiger partial charge is 0.493 e. The molecule has 0 spiro atoms. The maximum absolute atomic E-state index is 6.14. The minimum Gasteiger partial charge on any atom is -0.493 e. The normalized spacial score (nSPS) is 10.2. The average Bonchev–Trinajstić information content (AvgIpc) is 2.63. The number of methoxy groups -OCH3 is 2. The lowest BCUT2D eigenvalue weighted by atomic mass is 10.1. The first-order valence-electron chi connectivity index (χ1n) is 8.10. The van der Waals surface area contributed by atoms with Crippen LogP contribution in [0.4, 0.5) is 0 Å². The summed E-state index contributed by atoms with van der Waals surface area (Å²) in [6.45, 7) is 1.49. The summed E-state index contributed by atoms with van der Waals surface area (Å²) in [7, 11) is 3.27. The predicted octanol–water partition coefficient (Wildman–Crippen LogP) is 3.61. The molecular formula is C19H23ClN2O2S. The second-order valence-electron chi connectivity index (χ2n) is 5.46. The Morgan fingerprint density at radius 2 is 1.64 bits per heavy atom. The Morgan fingerprint density at radius 1 is 0.960 bits per heavy atom. The Balaban J connectivity index is 1.71. The van der Waals surface area contributed by atoms with Crippen molar-refractivity contribution >= 4 is 28.9 Å². The summed E-state index contributed by atoms with van der Waals surface area (Å²) in [5.74, 6) is 1.47. The van der Waals surface area contributed by atoms with Crippen LogP contribution in [0.2, 0.25) is 5.02 Å². The topological polar surface area (TPSA) is 42.5 Å². The number of halogens is 1. The van der Waals surface area contributed by atoms with Gasteiger partial charge in [0.2, 0.25) is 0 Å². The number of hydrogen-bond donors (Lipinski definition) is 2. The van der Waals surface area contributed by atoms with Crippen molar-refractivity contribution in [1.29, 1.82) is 0 Å². The molecule has 0 fully saturated rings. The molecule has 134 valence electrons. The van der Waals surface area contributed by atoms with Crippen LogP contribution in [0.1, 0.15) is 11.1 Å². The van der Waals surface area contributed by atoms with Crippen molar-refractivity contribution in [2.75, 3.05) is 27.3 Å². The molecule has 0 saturated heterocycles. The van der Waals surface area contributed by atoms with Crippen LogP contribution in [0.25, 0.3) is 0 Å². The number of rotatable bonds is 8. The maximum Gasteiger partial charge on any atom is 0.166 e. The van der Waals surface area contributed by atoms with Crippen molar-refractivity contribution in [1.82, 2.24) is 10.6 Å². The molecule has 0 bridgehead atoms. The number of benzene rings is 2. The van der Waals surface area contributed by atoms with Gasteiger partial charge in [-0.2, -0.15) is 0 Å². The molecule has 0 aromatic heterocycles. The van der Waals surface area contributed by atoms with Crippen molar-refractivity contribution in [3.63, 3.8) is 0 Å². The van der Waals surface area contributed by atoms with Crippen LogP contribution in [0.15, 0.2) is 42.5 Å². The number of hydrogen-bond acceptors (Lipinski definition) is 3. The van der Waals surface area contributed by atoms with Crippen LogP contribution in [-0.4, -0.2) is 32.4 Å². The second kappa shape index (κ2) is 10.1. The Kier molecular flexibility index (Phi) is 7.82. The molecule has 2 aromatic carbocycles. The van der Waals surface area contributed by atoms with Gasteiger partial charge in [0, 0.05) is 18.1 Å². The minimum absolute atomic E-state index is 0.646. The SMILES string of the molecule is COc1ccc(CCNC(=S)NCCc2ccccc2Cl)cc1OC. The highest BCUT2D eigenvalue weighted by Gasteiger charge is 2.05. The van der Waals surface area contributed by atoms with E-state index in [0.717, 1.165) is 53.6 Å². The zero-order valence-electron chi connectivity index (χ0n) is 14.5. The summed E-state index contributed by atoms with van der Waals surface area (Å²) in [5.41, 5.74) is 2.27.